The van der Waals surface area contributed by atoms with Gasteiger partial charge in [0.2, 0.25) is 5.91 Å². The molecule has 0 bridgehead atoms. The van der Waals surface area contributed by atoms with Gasteiger partial charge in [0.25, 0.3) is 0 Å². The molecule has 0 radical (unpaired) electrons. The van der Waals surface area contributed by atoms with Crippen LogP contribution in [0.25, 0.3) is 0 Å². The van der Waals surface area contributed by atoms with E-state index in [1.165, 1.54) is 0 Å². The minimum atomic E-state index is -0.842. The van der Waals surface area contributed by atoms with E-state index in [9.17, 15) is 4.79 Å². The Morgan fingerprint density at radius 2 is 2.14 bits per heavy atom. The van der Waals surface area contributed by atoms with E-state index in [1.54, 1.807) is 6.92 Å². The Kier molecular flexibility index (Phi) is 7.13. The monoisotopic (exact) mass is 328 g/mol. The molecule has 5 nitrogen and oxygen atoms in total. The molecule has 1 saturated heterocycles. The summed E-state index contributed by atoms with van der Waals surface area (Å²) in [5.41, 5.74) is 5.89. The number of anilines is 1. The number of ether oxygens (including phenoxy) is 2. The maximum absolute atomic E-state index is 12.1. The molecule has 1 aromatic carbocycles. The van der Waals surface area contributed by atoms with Gasteiger partial charge in [0.05, 0.1) is 18.8 Å². The van der Waals surface area contributed by atoms with Crippen LogP contribution in [0.2, 0.25) is 0 Å². The molecule has 1 aromatic rings. The fraction of sp³-hybridized carbons (Fsp3) is 0.562. The zero-order valence-electron chi connectivity index (χ0n) is 13.1. The van der Waals surface area contributed by atoms with Gasteiger partial charge in [-0.25, -0.2) is 0 Å². The van der Waals surface area contributed by atoms with Crippen molar-refractivity contribution in [1.82, 2.24) is 0 Å². The van der Waals surface area contributed by atoms with Crippen molar-refractivity contribution >= 4 is 24.0 Å². The van der Waals surface area contributed by atoms with Crippen molar-refractivity contribution < 1.29 is 14.3 Å². The number of halogens is 1. The van der Waals surface area contributed by atoms with Gasteiger partial charge in [0, 0.05) is 12.1 Å². The molecule has 1 aliphatic rings. The average Bonchev–Trinajstić information content (AvgIpc) is 2.94. The van der Waals surface area contributed by atoms with Crippen LogP contribution in [0, 0.1) is 0 Å². The van der Waals surface area contributed by atoms with E-state index >= 15 is 0 Å². The second kappa shape index (κ2) is 8.36. The van der Waals surface area contributed by atoms with E-state index in [2.05, 4.69) is 5.32 Å². The number of carbonyl (C=O) groups is 1. The second-order valence-electron chi connectivity index (χ2n) is 5.75. The number of carbonyl (C=O) groups excluding carboxylic acids is 1. The van der Waals surface area contributed by atoms with Crippen LogP contribution < -0.4 is 15.8 Å². The van der Waals surface area contributed by atoms with Crippen molar-refractivity contribution in [2.45, 2.75) is 44.8 Å². The molecule has 1 fully saturated rings. The minimum Gasteiger partial charge on any atom is -0.488 e. The number of rotatable bonds is 6. The predicted molar refractivity (Wildman–Crippen MR) is 89.7 cm³/mol. The molecular formula is C16H25ClN2O3. The Balaban J connectivity index is 0.00000242. The Hall–Kier alpha value is -1.30. The fourth-order valence-electron chi connectivity index (χ4n) is 2.32. The maximum Gasteiger partial charge on any atom is 0.244 e. The first-order chi connectivity index (χ1) is 10.0. The molecule has 1 amide bonds. The van der Waals surface area contributed by atoms with Crippen LogP contribution in [0.5, 0.6) is 5.75 Å². The van der Waals surface area contributed by atoms with E-state index in [1.807, 2.05) is 31.2 Å². The number of hydrogen-bond acceptors (Lipinski definition) is 4. The zero-order valence-corrected chi connectivity index (χ0v) is 13.9. The van der Waals surface area contributed by atoms with Gasteiger partial charge < -0.3 is 20.5 Å². The molecule has 2 atom stereocenters. The largest absolute Gasteiger partial charge is 0.488 e. The molecule has 1 aliphatic heterocycles. The first-order valence-electron chi connectivity index (χ1n) is 7.46. The molecular weight excluding hydrogens is 304 g/mol. The Bertz CT molecular complexity index is 471. The van der Waals surface area contributed by atoms with E-state index in [-0.39, 0.29) is 24.4 Å². The molecule has 3 N–H and O–H groups in total. The summed E-state index contributed by atoms with van der Waals surface area (Å²) in [7, 11) is 0. The average molecular weight is 329 g/mol. The first-order valence-corrected chi connectivity index (χ1v) is 7.46. The maximum atomic E-state index is 12.1. The normalized spacial score (nSPS) is 19.9. The van der Waals surface area contributed by atoms with Gasteiger partial charge >= 0.3 is 0 Å². The summed E-state index contributed by atoms with van der Waals surface area (Å²) in [6, 6.07) is 7.35. The van der Waals surface area contributed by atoms with Crippen molar-refractivity contribution in [3.8, 4) is 5.75 Å². The smallest absolute Gasteiger partial charge is 0.244 e. The minimum absolute atomic E-state index is 0. The number of amides is 1. The quantitative estimate of drug-likeness (QED) is 0.842. The molecule has 124 valence electrons. The summed E-state index contributed by atoms with van der Waals surface area (Å²) in [4.78, 5) is 12.1. The summed E-state index contributed by atoms with van der Waals surface area (Å²) in [6.07, 6.45) is 2.57. The van der Waals surface area contributed by atoms with Crippen molar-refractivity contribution in [3.63, 3.8) is 0 Å². The van der Waals surface area contributed by atoms with Crippen molar-refractivity contribution in [3.05, 3.63) is 24.3 Å². The summed E-state index contributed by atoms with van der Waals surface area (Å²) in [5.74, 6) is 0.620. The van der Waals surface area contributed by atoms with Gasteiger partial charge in [0.15, 0.2) is 0 Å². The zero-order chi connectivity index (χ0) is 15.3. The lowest BCUT2D eigenvalue weighted by Crippen LogP contribution is -2.48. The second-order valence-corrected chi connectivity index (χ2v) is 5.75. The predicted octanol–water partition coefficient (Wildman–Crippen LogP) is 2.73. The van der Waals surface area contributed by atoms with Crippen molar-refractivity contribution in [2.75, 3.05) is 18.5 Å². The van der Waals surface area contributed by atoms with Gasteiger partial charge in [-0.2, -0.15) is 0 Å². The highest BCUT2D eigenvalue weighted by Crippen LogP contribution is 2.20. The molecule has 22 heavy (non-hydrogen) atoms. The lowest BCUT2D eigenvalue weighted by atomic mass is 9.96. The molecule has 0 spiro atoms. The highest BCUT2D eigenvalue weighted by Gasteiger charge is 2.27. The van der Waals surface area contributed by atoms with Crippen molar-refractivity contribution in [1.29, 1.82) is 0 Å². The molecule has 2 unspecified atom stereocenters. The number of nitrogens with two attached hydrogens (primary N) is 1. The highest BCUT2D eigenvalue weighted by atomic mass is 35.5. The van der Waals surface area contributed by atoms with Crippen LogP contribution >= 0.6 is 12.4 Å². The standard InChI is InChI=1S/C16H24N2O3.ClH/c1-3-9-16(2,17)15(19)18-12-4-6-13(7-5-12)21-14-8-10-20-11-14;/h4-7,14H,3,8-11,17H2,1-2H3,(H,18,19);1H. The van der Waals surface area contributed by atoms with Crippen LogP contribution in [0.15, 0.2) is 24.3 Å². The van der Waals surface area contributed by atoms with Crippen LogP contribution in [0.4, 0.5) is 5.69 Å². The molecule has 2 rings (SSSR count). The third kappa shape index (κ3) is 5.16. The third-order valence-corrected chi connectivity index (χ3v) is 3.59. The van der Waals surface area contributed by atoms with E-state index in [0.29, 0.717) is 13.0 Å². The van der Waals surface area contributed by atoms with E-state index < -0.39 is 5.54 Å². The highest BCUT2D eigenvalue weighted by molar-refractivity contribution is 5.97. The number of hydrogen-bond donors (Lipinski definition) is 2. The topological polar surface area (TPSA) is 73.6 Å². The van der Waals surface area contributed by atoms with Crippen LogP contribution in [-0.2, 0) is 9.53 Å². The molecule has 1 heterocycles. The van der Waals surface area contributed by atoms with Crippen LogP contribution in [-0.4, -0.2) is 30.8 Å². The van der Waals surface area contributed by atoms with Gasteiger partial charge in [0.1, 0.15) is 11.9 Å². The summed E-state index contributed by atoms with van der Waals surface area (Å²) < 4.78 is 11.0. The molecule has 0 aromatic heterocycles. The molecule has 0 aliphatic carbocycles. The first kappa shape index (κ1) is 18.7. The number of nitrogens with one attached hydrogen (secondary N) is 1. The van der Waals surface area contributed by atoms with Crippen molar-refractivity contribution in [2.24, 2.45) is 5.73 Å². The summed E-state index contributed by atoms with van der Waals surface area (Å²) in [5, 5.41) is 2.84. The fourth-order valence-corrected chi connectivity index (χ4v) is 2.32. The van der Waals surface area contributed by atoms with Gasteiger partial charge in [-0.1, -0.05) is 13.3 Å². The lowest BCUT2D eigenvalue weighted by molar-refractivity contribution is -0.120. The van der Waals surface area contributed by atoms with E-state index in [0.717, 1.165) is 30.9 Å². The Morgan fingerprint density at radius 3 is 2.68 bits per heavy atom. The summed E-state index contributed by atoms with van der Waals surface area (Å²) >= 11 is 0. The van der Waals surface area contributed by atoms with Crippen LogP contribution in [0.3, 0.4) is 0 Å². The SMILES string of the molecule is CCCC(C)(N)C(=O)Nc1ccc(OC2CCOC2)cc1.Cl. The van der Waals surface area contributed by atoms with Gasteiger partial charge in [-0.05, 0) is 37.6 Å². The Labute approximate surface area is 138 Å². The van der Waals surface area contributed by atoms with Gasteiger partial charge in [-0.3, -0.25) is 4.79 Å². The third-order valence-electron chi connectivity index (χ3n) is 3.59. The van der Waals surface area contributed by atoms with Gasteiger partial charge in [-0.15, -0.1) is 12.4 Å². The van der Waals surface area contributed by atoms with E-state index in [4.69, 9.17) is 15.2 Å². The van der Waals surface area contributed by atoms with Crippen LogP contribution in [0.1, 0.15) is 33.1 Å². The number of benzene rings is 1. The molecule has 6 heteroatoms. The lowest BCUT2D eigenvalue weighted by Gasteiger charge is -2.23. The Morgan fingerprint density at radius 1 is 1.45 bits per heavy atom. The summed E-state index contributed by atoms with van der Waals surface area (Å²) in [6.45, 7) is 5.16. The molecule has 0 saturated carbocycles.